The van der Waals surface area contributed by atoms with Gasteiger partial charge in [0.25, 0.3) is 0 Å². The molecule has 3 amide bonds. The second-order valence-corrected chi connectivity index (χ2v) is 9.61. The average Bonchev–Trinajstić information content (AvgIpc) is 3.61. The Morgan fingerprint density at radius 3 is 1.94 bits per heavy atom. The van der Waals surface area contributed by atoms with Gasteiger partial charge in [-0.15, -0.1) is 0 Å². The van der Waals surface area contributed by atoms with E-state index in [9.17, 15) is 14.4 Å². The van der Waals surface area contributed by atoms with Crippen molar-refractivity contribution in [3.8, 4) is 0 Å². The first kappa shape index (κ1) is 19.5. The van der Waals surface area contributed by atoms with Gasteiger partial charge >= 0.3 is 0 Å². The molecule has 2 aromatic carbocycles. The SMILES string of the molecule is O=C(NCc1ccccc1)[C@H](Cc1ccccc1)N1C(=O)[C@@H]2[C@H]3C=C[C@@H]([C@@H]4C[C@@H]34)[C@@H]2C1=O. The maximum absolute atomic E-state index is 13.6. The molecule has 1 N–H and O–H groups in total. The third kappa shape index (κ3) is 3.02. The molecule has 1 aliphatic heterocycles. The summed E-state index contributed by atoms with van der Waals surface area (Å²) in [5, 5.41) is 2.97. The van der Waals surface area contributed by atoms with Gasteiger partial charge in [0.15, 0.2) is 0 Å². The molecule has 162 valence electrons. The van der Waals surface area contributed by atoms with Gasteiger partial charge in [0.2, 0.25) is 17.7 Å². The molecule has 0 aromatic heterocycles. The van der Waals surface area contributed by atoms with E-state index in [1.165, 1.54) is 4.90 Å². The van der Waals surface area contributed by atoms with Crippen LogP contribution in [0, 0.1) is 35.5 Å². The summed E-state index contributed by atoms with van der Waals surface area (Å²) >= 11 is 0. The lowest BCUT2D eigenvalue weighted by atomic mass is 9.63. The molecule has 3 fully saturated rings. The van der Waals surface area contributed by atoms with E-state index in [0.717, 1.165) is 17.5 Å². The molecule has 2 saturated carbocycles. The highest BCUT2D eigenvalue weighted by Crippen LogP contribution is 2.65. The minimum Gasteiger partial charge on any atom is -0.350 e. The van der Waals surface area contributed by atoms with E-state index in [2.05, 4.69) is 17.5 Å². The minimum absolute atomic E-state index is 0.152. The van der Waals surface area contributed by atoms with Crippen LogP contribution >= 0.6 is 0 Å². The summed E-state index contributed by atoms with van der Waals surface area (Å²) in [5.74, 6) is 0.236. The van der Waals surface area contributed by atoms with Gasteiger partial charge in [-0.2, -0.15) is 0 Å². The average molecular weight is 427 g/mol. The Hall–Kier alpha value is -3.21. The number of imide groups is 1. The summed E-state index contributed by atoms with van der Waals surface area (Å²) in [5.41, 5.74) is 1.92. The summed E-state index contributed by atoms with van der Waals surface area (Å²) in [6.07, 6.45) is 5.78. The zero-order valence-corrected chi connectivity index (χ0v) is 17.8. The number of nitrogens with zero attached hydrogens (tertiary/aromatic N) is 1. The second-order valence-electron chi connectivity index (χ2n) is 9.61. The van der Waals surface area contributed by atoms with Gasteiger partial charge in [-0.3, -0.25) is 19.3 Å². The van der Waals surface area contributed by atoms with Crippen molar-refractivity contribution in [2.75, 3.05) is 0 Å². The number of allylic oxidation sites excluding steroid dienone is 2. The van der Waals surface area contributed by atoms with Gasteiger partial charge in [-0.05, 0) is 41.2 Å². The van der Waals surface area contributed by atoms with E-state index >= 15 is 0 Å². The molecule has 0 unspecified atom stereocenters. The van der Waals surface area contributed by atoms with E-state index in [1.807, 2.05) is 60.7 Å². The highest BCUT2D eigenvalue weighted by Gasteiger charge is 2.67. The summed E-state index contributed by atoms with van der Waals surface area (Å²) < 4.78 is 0. The monoisotopic (exact) mass is 426 g/mol. The normalized spacial score (nSPS) is 32.4. The van der Waals surface area contributed by atoms with Crippen molar-refractivity contribution in [1.29, 1.82) is 0 Å². The molecular weight excluding hydrogens is 400 g/mol. The fourth-order valence-electron chi connectivity index (χ4n) is 6.33. The molecule has 1 heterocycles. The molecule has 7 atom stereocenters. The van der Waals surface area contributed by atoms with Crippen LogP contribution in [0.4, 0.5) is 0 Å². The molecule has 5 heteroatoms. The second kappa shape index (κ2) is 7.44. The standard InChI is InChI=1S/C27H26N2O3/c30-25(28-15-17-9-5-2-6-10-17)22(13-16-7-3-1-4-8-16)29-26(31)23-18-11-12-19(21-14-20(18)21)24(23)27(29)32/h1-12,18-24H,13-15H2,(H,28,30)/t18-,19-,20-,21-,22-,23-,24+/m0/s1. The fraction of sp³-hybridized carbons (Fsp3) is 0.370. The fourth-order valence-corrected chi connectivity index (χ4v) is 6.33. The molecule has 5 nitrogen and oxygen atoms in total. The van der Waals surface area contributed by atoms with Crippen LogP contribution in [0.5, 0.6) is 0 Å². The van der Waals surface area contributed by atoms with Crippen LogP contribution in [0.15, 0.2) is 72.8 Å². The number of rotatable bonds is 6. The number of carbonyl (C=O) groups is 3. The van der Waals surface area contributed by atoms with Crippen molar-refractivity contribution in [3.63, 3.8) is 0 Å². The number of hydrogen-bond donors (Lipinski definition) is 1. The topological polar surface area (TPSA) is 66.5 Å². The van der Waals surface area contributed by atoms with E-state index in [-0.39, 0.29) is 41.4 Å². The number of amides is 3. The Labute approximate surface area is 187 Å². The maximum atomic E-state index is 13.6. The van der Waals surface area contributed by atoms with Crippen LogP contribution in [0.25, 0.3) is 0 Å². The zero-order chi connectivity index (χ0) is 21.8. The summed E-state index contributed by atoms with van der Waals surface area (Å²) in [6, 6.07) is 18.5. The van der Waals surface area contributed by atoms with Gasteiger partial charge < -0.3 is 5.32 Å². The maximum Gasteiger partial charge on any atom is 0.243 e. The molecule has 32 heavy (non-hydrogen) atoms. The lowest BCUT2D eigenvalue weighted by Crippen LogP contribution is -2.51. The van der Waals surface area contributed by atoms with Crippen LogP contribution < -0.4 is 5.32 Å². The first-order valence-corrected chi connectivity index (χ1v) is 11.5. The Morgan fingerprint density at radius 1 is 0.844 bits per heavy atom. The Kier molecular flexibility index (Phi) is 4.53. The van der Waals surface area contributed by atoms with Crippen LogP contribution in [-0.2, 0) is 27.3 Å². The molecule has 0 spiro atoms. The Balaban J connectivity index is 1.29. The molecular formula is C27H26N2O3. The van der Waals surface area contributed by atoms with Crippen molar-refractivity contribution in [2.24, 2.45) is 35.5 Å². The lowest BCUT2D eigenvalue weighted by Gasteiger charge is -2.37. The van der Waals surface area contributed by atoms with Crippen LogP contribution in [0.3, 0.4) is 0 Å². The predicted molar refractivity (Wildman–Crippen MR) is 119 cm³/mol. The number of benzene rings is 2. The quantitative estimate of drug-likeness (QED) is 0.571. The van der Waals surface area contributed by atoms with Gasteiger partial charge in [-0.1, -0.05) is 72.8 Å². The first-order valence-electron chi connectivity index (χ1n) is 11.5. The minimum atomic E-state index is -0.831. The first-order chi connectivity index (χ1) is 15.6. The molecule has 1 saturated heterocycles. The predicted octanol–water partition coefficient (Wildman–Crippen LogP) is 2.97. The third-order valence-electron chi connectivity index (χ3n) is 7.89. The Morgan fingerprint density at radius 2 is 1.38 bits per heavy atom. The van der Waals surface area contributed by atoms with Crippen LogP contribution in [0.1, 0.15) is 17.5 Å². The summed E-state index contributed by atoms with van der Waals surface area (Å²) in [7, 11) is 0. The summed E-state index contributed by atoms with van der Waals surface area (Å²) in [6.45, 7) is 0.366. The molecule has 2 aromatic rings. The van der Waals surface area contributed by atoms with Crippen molar-refractivity contribution in [3.05, 3.63) is 83.9 Å². The van der Waals surface area contributed by atoms with Crippen molar-refractivity contribution in [2.45, 2.75) is 25.4 Å². The number of likely N-dealkylation sites (tertiary alicyclic amines) is 1. The van der Waals surface area contributed by atoms with Gasteiger partial charge in [0.05, 0.1) is 11.8 Å². The Bertz CT molecular complexity index is 1060. The van der Waals surface area contributed by atoms with E-state index in [0.29, 0.717) is 24.8 Å². The molecule has 5 aliphatic rings. The number of hydrogen-bond acceptors (Lipinski definition) is 3. The largest absolute Gasteiger partial charge is 0.350 e. The summed E-state index contributed by atoms with van der Waals surface area (Å²) in [4.78, 5) is 41.9. The molecule has 0 radical (unpaired) electrons. The van der Waals surface area contributed by atoms with Gasteiger partial charge in [-0.25, -0.2) is 0 Å². The highest BCUT2D eigenvalue weighted by atomic mass is 16.2. The zero-order valence-electron chi connectivity index (χ0n) is 17.8. The molecule has 4 aliphatic carbocycles. The van der Waals surface area contributed by atoms with Crippen molar-refractivity contribution >= 4 is 17.7 Å². The number of nitrogens with one attached hydrogen (secondary N) is 1. The van der Waals surface area contributed by atoms with Gasteiger partial charge in [0, 0.05) is 13.0 Å². The smallest absolute Gasteiger partial charge is 0.243 e. The van der Waals surface area contributed by atoms with E-state index in [4.69, 9.17) is 0 Å². The van der Waals surface area contributed by atoms with E-state index < -0.39 is 6.04 Å². The molecule has 7 rings (SSSR count). The van der Waals surface area contributed by atoms with E-state index in [1.54, 1.807) is 0 Å². The van der Waals surface area contributed by atoms with Gasteiger partial charge in [0.1, 0.15) is 6.04 Å². The van der Waals surface area contributed by atoms with Crippen molar-refractivity contribution < 1.29 is 14.4 Å². The van der Waals surface area contributed by atoms with Crippen molar-refractivity contribution in [1.82, 2.24) is 10.2 Å². The number of carbonyl (C=O) groups excluding carboxylic acids is 3. The van der Waals surface area contributed by atoms with Crippen LogP contribution in [-0.4, -0.2) is 28.7 Å². The lowest BCUT2D eigenvalue weighted by molar-refractivity contribution is -0.148. The van der Waals surface area contributed by atoms with Crippen LogP contribution in [0.2, 0.25) is 0 Å². The third-order valence-corrected chi connectivity index (χ3v) is 7.89. The highest BCUT2D eigenvalue weighted by molar-refractivity contribution is 6.09. The molecule has 2 bridgehead atoms.